The van der Waals surface area contributed by atoms with Gasteiger partial charge in [-0.15, -0.1) is 0 Å². The maximum Gasteiger partial charge on any atom is 0.177 e. The van der Waals surface area contributed by atoms with Gasteiger partial charge < -0.3 is 9.84 Å². The number of carbonyl (C=O) groups is 1. The van der Waals surface area contributed by atoms with Crippen LogP contribution >= 0.6 is 0 Å². The molecular weight excluding hydrogens is 228 g/mol. The Balaban J connectivity index is 2.11. The van der Waals surface area contributed by atoms with Crippen LogP contribution in [-0.2, 0) is 9.53 Å². The van der Waals surface area contributed by atoms with Gasteiger partial charge in [0.1, 0.15) is 5.60 Å². The van der Waals surface area contributed by atoms with E-state index in [0.29, 0.717) is 5.92 Å². The predicted octanol–water partition coefficient (Wildman–Crippen LogP) is 2.23. The molecule has 0 bridgehead atoms. The van der Waals surface area contributed by atoms with E-state index in [1.165, 1.54) is 0 Å². The molecule has 0 amide bonds. The van der Waals surface area contributed by atoms with E-state index < -0.39 is 11.7 Å². The normalized spacial score (nSPS) is 49.8. The number of hydrogen-bond donors (Lipinski definition) is 1. The zero-order valence-corrected chi connectivity index (χ0v) is 11.6. The van der Waals surface area contributed by atoms with Gasteiger partial charge in [0.2, 0.25) is 0 Å². The van der Waals surface area contributed by atoms with E-state index in [4.69, 9.17) is 4.74 Å². The van der Waals surface area contributed by atoms with E-state index in [9.17, 15) is 9.90 Å². The van der Waals surface area contributed by atoms with E-state index in [-0.39, 0.29) is 16.8 Å². The SMILES string of the molecule is CC1=C[C@]23O[C@]2(CC(C)(C)C3=O)[C@H](C)CC[C@@H]1O. The summed E-state index contributed by atoms with van der Waals surface area (Å²) < 4.78 is 5.99. The third kappa shape index (κ3) is 1.24. The molecule has 4 atom stereocenters. The van der Waals surface area contributed by atoms with Crippen molar-refractivity contribution in [3.8, 4) is 0 Å². The Morgan fingerprint density at radius 3 is 2.72 bits per heavy atom. The summed E-state index contributed by atoms with van der Waals surface area (Å²) in [4.78, 5) is 12.6. The Morgan fingerprint density at radius 1 is 1.39 bits per heavy atom. The molecule has 1 saturated carbocycles. The molecule has 3 aliphatic rings. The standard InChI is InChI=1S/C15H22O3/c1-9-7-14-12(17)13(3,4)8-15(14,18-14)10(2)5-6-11(9)16/h7,10-11,16H,5-6,8H2,1-4H3/t10-,11+,14-,15-/m1/s1. The van der Waals surface area contributed by atoms with E-state index in [0.717, 1.165) is 24.8 Å². The molecule has 0 aromatic heterocycles. The van der Waals surface area contributed by atoms with Gasteiger partial charge >= 0.3 is 0 Å². The summed E-state index contributed by atoms with van der Waals surface area (Å²) in [5, 5.41) is 10.0. The quantitative estimate of drug-likeness (QED) is 0.530. The van der Waals surface area contributed by atoms with Crippen LogP contribution in [-0.4, -0.2) is 28.2 Å². The lowest BCUT2D eigenvalue weighted by Gasteiger charge is -2.25. The van der Waals surface area contributed by atoms with Crippen LogP contribution in [0.25, 0.3) is 0 Å². The summed E-state index contributed by atoms with van der Waals surface area (Å²) in [6.45, 7) is 8.08. The van der Waals surface area contributed by atoms with E-state index >= 15 is 0 Å². The van der Waals surface area contributed by atoms with Crippen molar-refractivity contribution in [3.05, 3.63) is 11.6 Å². The van der Waals surface area contributed by atoms with Crippen LogP contribution in [0.4, 0.5) is 0 Å². The average molecular weight is 250 g/mol. The topological polar surface area (TPSA) is 49.8 Å². The Bertz CT molecular complexity index is 451. The molecule has 3 heteroatoms. The molecule has 0 radical (unpaired) electrons. The largest absolute Gasteiger partial charge is 0.389 e. The van der Waals surface area contributed by atoms with E-state index in [1.54, 1.807) is 0 Å². The van der Waals surface area contributed by atoms with Gasteiger partial charge in [-0.2, -0.15) is 0 Å². The second-order valence-corrected chi connectivity index (χ2v) is 7.00. The maximum atomic E-state index is 12.6. The van der Waals surface area contributed by atoms with Crippen LogP contribution < -0.4 is 0 Å². The molecule has 3 rings (SSSR count). The van der Waals surface area contributed by atoms with Crippen LogP contribution in [0.2, 0.25) is 0 Å². The molecule has 100 valence electrons. The number of ketones is 1. The van der Waals surface area contributed by atoms with Gasteiger partial charge in [0.15, 0.2) is 11.4 Å². The number of hydrogen-bond acceptors (Lipinski definition) is 3. The van der Waals surface area contributed by atoms with Crippen molar-refractivity contribution in [1.82, 2.24) is 0 Å². The fourth-order valence-electron chi connectivity index (χ4n) is 4.05. The van der Waals surface area contributed by atoms with Gasteiger partial charge in [-0.05, 0) is 43.8 Å². The maximum absolute atomic E-state index is 12.6. The lowest BCUT2D eigenvalue weighted by atomic mass is 9.78. The van der Waals surface area contributed by atoms with Crippen molar-refractivity contribution < 1.29 is 14.6 Å². The summed E-state index contributed by atoms with van der Waals surface area (Å²) in [5.41, 5.74) is -0.454. The van der Waals surface area contributed by atoms with Crippen molar-refractivity contribution in [2.24, 2.45) is 11.3 Å². The summed E-state index contributed by atoms with van der Waals surface area (Å²) in [7, 11) is 0. The van der Waals surface area contributed by atoms with Crippen LogP contribution in [0.15, 0.2) is 11.6 Å². The van der Waals surface area contributed by atoms with E-state index in [1.807, 2.05) is 26.8 Å². The van der Waals surface area contributed by atoms with Gasteiger partial charge in [-0.3, -0.25) is 4.79 Å². The number of Topliss-reactive ketones (excluding diaryl/α,β-unsaturated/α-hetero) is 1. The minimum absolute atomic E-state index is 0.190. The minimum atomic E-state index is -0.735. The molecule has 1 saturated heterocycles. The van der Waals surface area contributed by atoms with Crippen molar-refractivity contribution in [2.45, 2.75) is 64.3 Å². The third-order valence-electron chi connectivity index (χ3n) is 5.21. The highest BCUT2D eigenvalue weighted by molar-refractivity contribution is 6.01. The monoisotopic (exact) mass is 250 g/mol. The minimum Gasteiger partial charge on any atom is -0.389 e. The number of aliphatic hydroxyl groups excluding tert-OH is 1. The van der Waals surface area contributed by atoms with Gasteiger partial charge in [-0.1, -0.05) is 20.8 Å². The van der Waals surface area contributed by atoms with E-state index in [2.05, 4.69) is 6.92 Å². The van der Waals surface area contributed by atoms with Gasteiger partial charge in [0.25, 0.3) is 0 Å². The highest BCUT2D eigenvalue weighted by Gasteiger charge is 2.82. The molecule has 1 heterocycles. The Kier molecular flexibility index (Phi) is 2.24. The first-order valence-electron chi connectivity index (χ1n) is 6.88. The molecule has 0 aromatic rings. The number of ether oxygens (including phenoxy) is 1. The zero-order valence-electron chi connectivity index (χ0n) is 11.6. The molecule has 1 aliphatic heterocycles. The second-order valence-electron chi connectivity index (χ2n) is 7.00. The fourth-order valence-corrected chi connectivity index (χ4v) is 4.05. The number of epoxide rings is 1. The lowest BCUT2D eigenvalue weighted by molar-refractivity contribution is -0.130. The first kappa shape index (κ1) is 12.4. The van der Waals surface area contributed by atoms with Gasteiger partial charge in [0, 0.05) is 5.41 Å². The van der Waals surface area contributed by atoms with Crippen LogP contribution in [0.3, 0.4) is 0 Å². The van der Waals surface area contributed by atoms with Gasteiger partial charge in [0.05, 0.1) is 6.10 Å². The lowest BCUT2D eigenvalue weighted by Crippen LogP contribution is -2.34. The zero-order chi connectivity index (χ0) is 13.3. The summed E-state index contributed by atoms with van der Waals surface area (Å²) >= 11 is 0. The molecule has 0 spiro atoms. The Hall–Kier alpha value is -0.670. The molecule has 0 unspecified atom stereocenters. The molecule has 1 N–H and O–H groups in total. The first-order valence-corrected chi connectivity index (χ1v) is 6.88. The molecular formula is C15H22O3. The first-order chi connectivity index (χ1) is 8.25. The Morgan fingerprint density at radius 2 is 2.06 bits per heavy atom. The summed E-state index contributed by atoms with van der Waals surface area (Å²) in [5.74, 6) is 0.512. The number of carbonyl (C=O) groups excluding carboxylic acids is 1. The third-order valence-corrected chi connectivity index (χ3v) is 5.21. The predicted molar refractivity (Wildman–Crippen MR) is 68.1 cm³/mol. The van der Waals surface area contributed by atoms with Crippen LogP contribution in [0.5, 0.6) is 0 Å². The average Bonchev–Trinajstić information content (AvgIpc) is 2.86. The van der Waals surface area contributed by atoms with Crippen molar-refractivity contribution in [2.75, 3.05) is 0 Å². The highest BCUT2D eigenvalue weighted by Crippen LogP contribution is 2.68. The smallest absolute Gasteiger partial charge is 0.177 e. The number of rotatable bonds is 0. The number of aliphatic hydroxyl groups is 1. The Labute approximate surface area is 108 Å². The molecule has 3 nitrogen and oxygen atoms in total. The molecule has 2 fully saturated rings. The van der Waals surface area contributed by atoms with Crippen LogP contribution in [0, 0.1) is 11.3 Å². The van der Waals surface area contributed by atoms with Crippen LogP contribution in [0.1, 0.15) is 47.0 Å². The molecule has 18 heavy (non-hydrogen) atoms. The highest BCUT2D eigenvalue weighted by atomic mass is 16.6. The molecule has 2 aliphatic carbocycles. The fraction of sp³-hybridized carbons (Fsp3) is 0.800. The van der Waals surface area contributed by atoms with Crippen molar-refractivity contribution in [3.63, 3.8) is 0 Å². The van der Waals surface area contributed by atoms with Crippen molar-refractivity contribution in [1.29, 1.82) is 0 Å². The van der Waals surface area contributed by atoms with Crippen molar-refractivity contribution >= 4 is 5.78 Å². The van der Waals surface area contributed by atoms with Gasteiger partial charge in [-0.25, -0.2) is 0 Å². The second kappa shape index (κ2) is 3.26. The summed E-state index contributed by atoms with van der Waals surface area (Å²) in [6.07, 6.45) is 3.96. The molecule has 0 aromatic carbocycles. The summed E-state index contributed by atoms with van der Waals surface area (Å²) in [6, 6.07) is 0.